The van der Waals surface area contributed by atoms with Crippen molar-refractivity contribution in [3.63, 3.8) is 0 Å². The van der Waals surface area contributed by atoms with Gasteiger partial charge in [-0.3, -0.25) is 4.90 Å². The van der Waals surface area contributed by atoms with E-state index in [1.54, 1.807) is 6.07 Å². The number of rotatable bonds is 6. The Morgan fingerprint density at radius 2 is 1.96 bits per heavy atom. The highest BCUT2D eigenvalue weighted by molar-refractivity contribution is 5.86. The van der Waals surface area contributed by atoms with Gasteiger partial charge < -0.3 is 10.4 Å². The van der Waals surface area contributed by atoms with Gasteiger partial charge in [0.2, 0.25) is 0 Å². The molecule has 1 saturated heterocycles. The number of pyridine rings is 1. The van der Waals surface area contributed by atoms with Gasteiger partial charge in [0.15, 0.2) is 0 Å². The maximum absolute atomic E-state index is 10.9. The van der Waals surface area contributed by atoms with Crippen molar-refractivity contribution in [3.05, 3.63) is 59.9 Å². The summed E-state index contributed by atoms with van der Waals surface area (Å²) in [5, 5.41) is 12.3. The Kier molecular flexibility index (Phi) is 5.43. The summed E-state index contributed by atoms with van der Waals surface area (Å²) >= 11 is 0. The number of nitrogens with one attached hydrogen (secondary N) is 1. The number of aromatic carboxylic acids is 1. The van der Waals surface area contributed by atoms with Crippen LogP contribution in [0.4, 0.5) is 5.69 Å². The van der Waals surface area contributed by atoms with Gasteiger partial charge in [0.05, 0.1) is 0 Å². The Balaban J connectivity index is 1.44. The second-order valence-electron chi connectivity index (χ2n) is 6.32. The molecule has 24 heavy (non-hydrogen) atoms. The van der Waals surface area contributed by atoms with E-state index in [1.165, 1.54) is 11.8 Å². The van der Waals surface area contributed by atoms with Crippen LogP contribution in [-0.4, -0.2) is 40.6 Å². The SMILES string of the molecule is O=C(O)c1cc(NCC2CCN(Cc3ccccc3)CC2)ccn1. The van der Waals surface area contributed by atoms with E-state index in [2.05, 4.69) is 45.5 Å². The number of carboxylic acid groups (broad SMARTS) is 1. The minimum atomic E-state index is -0.993. The normalized spacial score (nSPS) is 16.0. The van der Waals surface area contributed by atoms with Gasteiger partial charge in [-0.2, -0.15) is 0 Å². The Bertz CT molecular complexity index is 667. The van der Waals surface area contributed by atoms with Gasteiger partial charge in [-0.15, -0.1) is 0 Å². The molecular weight excluding hydrogens is 302 g/mol. The van der Waals surface area contributed by atoms with Crippen LogP contribution in [0, 0.1) is 5.92 Å². The number of hydrogen-bond acceptors (Lipinski definition) is 4. The molecule has 5 heteroatoms. The summed E-state index contributed by atoms with van der Waals surface area (Å²) in [6.07, 6.45) is 3.86. The zero-order valence-corrected chi connectivity index (χ0v) is 13.7. The third kappa shape index (κ3) is 4.55. The van der Waals surface area contributed by atoms with E-state index >= 15 is 0 Å². The molecule has 1 aromatic carbocycles. The number of hydrogen-bond donors (Lipinski definition) is 2. The van der Waals surface area contributed by atoms with Gasteiger partial charge in [0, 0.05) is 25.0 Å². The first-order chi connectivity index (χ1) is 11.7. The van der Waals surface area contributed by atoms with E-state index in [1.807, 2.05) is 6.07 Å². The van der Waals surface area contributed by atoms with Crippen LogP contribution >= 0.6 is 0 Å². The van der Waals surface area contributed by atoms with Crippen LogP contribution in [0.25, 0.3) is 0 Å². The molecular formula is C19H23N3O2. The van der Waals surface area contributed by atoms with Crippen LogP contribution in [0.5, 0.6) is 0 Å². The summed E-state index contributed by atoms with van der Waals surface area (Å²) < 4.78 is 0. The second kappa shape index (κ2) is 7.93. The summed E-state index contributed by atoms with van der Waals surface area (Å²) in [4.78, 5) is 17.3. The molecule has 126 valence electrons. The van der Waals surface area contributed by atoms with Crippen molar-refractivity contribution in [2.45, 2.75) is 19.4 Å². The van der Waals surface area contributed by atoms with E-state index in [-0.39, 0.29) is 5.69 Å². The zero-order chi connectivity index (χ0) is 16.8. The largest absolute Gasteiger partial charge is 0.477 e. The first-order valence-electron chi connectivity index (χ1n) is 8.40. The van der Waals surface area contributed by atoms with Gasteiger partial charge >= 0.3 is 5.97 Å². The topological polar surface area (TPSA) is 65.5 Å². The van der Waals surface area contributed by atoms with Crippen molar-refractivity contribution in [1.29, 1.82) is 0 Å². The standard InChI is InChI=1S/C19H23N3O2/c23-19(24)18-12-17(6-9-20-18)21-13-15-7-10-22(11-8-15)14-16-4-2-1-3-5-16/h1-6,9,12,15H,7-8,10-11,13-14H2,(H,20,21)(H,23,24). The number of nitrogens with zero attached hydrogens (tertiary/aromatic N) is 2. The minimum absolute atomic E-state index is 0.0812. The third-order valence-corrected chi connectivity index (χ3v) is 4.53. The molecule has 0 bridgehead atoms. The maximum Gasteiger partial charge on any atom is 0.354 e. The van der Waals surface area contributed by atoms with Crippen molar-refractivity contribution in [1.82, 2.24) is 9.88 Å². The lowest BCUT2D eigenvalue weighted by Gasteiger charge is -2.32. The van der Waals surface area contributed by atoms with Crippen molar-refractivity contribution >= 4 is 11.7 Å². The maximum atomic E-state index is 10.9. The molecule has 2 aromatic rings. The number of piperidine rings is 1. The van der Waals surface area contributed by atoms with E-state index in [4.69, 9.17) is 5.11 Å². The van der Waals surface area contributed by atoms with Crippen molar-refractivity contribution in [2.75, 3.05) is 25.0 Å². The molecule has 0 atom stereocenters. The van der Waals surface area contributed by atoms with Crippen LogP contribution < -0.4 is 5.32 Å². The molecule has 0 spiro atoms. The van der Waals surface area contributed by atoms with Gasteiger partial charge in [-0.1, -0.05) is 30.3 Å². The fourth-order valence-electron chi connectivity index (χ4n) is 3.11. The highest BCUT2D eigenvalue weighted by Gasteiger charge is 2.19. The third-order valence-electron chi connectivity index (χ3n) is 4.53. The van der Waals surface area contributed by atoms with Crippen LogP contribution in [0.15, 0.2) is 48.7 Å². The number of anilines is 1. The first kappa shape index (κ1) is 16.5. The lowest BCUT2D eigenvalue weighted by Crippen LogP contribution is -2.35. The van der Waals surface area contributed by atoms with Crippen molar-refractivity contribution in [3.8, 4) is 0 Å². The quantitative estimate of drug-likeness (QED) is 0.854. The van der Waals surface area contributed by atoms with Crippen LogP contribution in [0.2, 0.25) is 0 Å². The summed E-state index contributed by atoms with van der Waals surface area (Å²) in [5.74, 6) is -0.369. The predicted molar refractivity (Wildman–Crippen MR) is 94.1 cm³/mol. The summed E-state index contributed by atoms with van der Waals surface area (Å²) in [6, 6.07) is 14.0. The molecule has 2 heterocycles. The van der Waals surface area contributed by atoms with Gasteiger partial charge in [0.25, 0.3) is 0 Å². The van der Waals surface area contributed by atoms with Crippen molar-refractivity contribution in [2.24, 2.45) is 5.92 Å². The smallest absolute Gasteiger partial charge is 0.354 e. The summed E-state index contributed by atoms with van der Waals surface area (Å²) in [6.45, 7) is 4.12. The molecule has 1 aliphatic rings. The molecule has 0 saturated carbocycles. The summed E-state index contributed by atoms with van der Waals surface area (Å²) in [7, 11) is 0. The molecule has 0 radical (unpaired) electrons. The van der Waals surface area contributed by atoms with E-state index < -0.39 is 5.97 Å². The molecule has 1 fully saturated rings. The zero-order valence-electron chi connectivity index (χ0n) is 13.7. The predicted octanol–water partition coefficient (Wildman–Crippen LogP) is 3.10. The number of aromatic nitrogens is 1. The van der Waals surface area contributed by atoms with E-state index in [0.29, 0.717) is 5.92 Å². The average molecular weight is 325 g/mol. The van der Waals surface area contributed by atoms with Gasteiger partial charge in [-0.25, -0.2) is 9.78 Å². The van der Waals surface area contributed by atoms with Gasteiger partial charge in [-0.05, 0) is 49.5 Å². The Hall–Kier alpha value is -2.40. The lowest BCUT2D eigenvalue weighted by molar-refractivity contribution is 0.0690. The molecule has 0 unspecified atom stereocenters. The lowest BCUT2D eigenvalue weighted by atomic mass is 9.96. The van der Waals surface area contributed by atoms with Gasteiger partial charge in [0.1, 0.15) is 5.69 Å². The molecule has 2 N–H and O–H groups in total. The van der Waals surface area contributed by atoms with E-state index in [9.17, 15) is 4.79 Å². The molecule has 1 aliphatic heterocycles. The monoisotopic (exact) mass is 325 g/mol. The fourth-order valence-corrected chi connectivity index (χ4v) is 3.11. The first-order valence-corrected chi connectivity index (χ1v) is 8.40. The minimum Gasteiger partial charge on any atom is -0.477 e. The number of benzene rings is 1. The molecule has 1 aromatic heterocycles. The number of carboxylic acids is 1. The van der Waals surface area contributed by atoms with Crippen LogP contribution in [-0.2, 0) is 6.54 Å². The Morgan fingerprint density at radius 1 is 1.21 bits per heavy atom. The highest BCUT2D eigenvalue weighted by atomic mass is 16.4. The second-order valence-corrected chi connectivity index (χ2v) is 6.32. The fraction of sp³-hybridized carbons (Fsp3) is 0.368. The number of carbonyl (C=O) groups is 1. The van der Waals surface area contributed by atoms with Crippen LogP contribution in [0.3, 0.4) is 0 Å². The summed E-state index contributed by atoms with van der Waals surface area (Å²) in [5.41, 5.74) is 2.28. The van der Waals surface area contributed by atoms with Crippen molar-refractivity contribution < 1.29 is 9.90 Å². The Morgan fingerprint density at radius 3 is 2.67 bits per heavy atom. The molecule has 0 aliphatic carbocycles. The number of likely N-dealkylation sites (tertiary alicyclic amines) is 1. The highest BCUT2D eigenvalue weighted by Crippen LogP contribution is 2.20. The van der Waals surface area contributed by atoms with Crippen LogP contribution in [0.1, 0.15) is 28.9 Å². The molecule has 3 rings (SSSR count). The Labute approximate surface area is 142 Å². The average Bonchev–Trinajstić information content (AvgIpc) is 2.62. The van der Waals surface area contributed by atoms with E-state index in [0.717, 1.165) is 44.7 Å². The molecule has 0 amide bonds. The molecule has 5 nitrogen and oxygen atoms in total.